The van der Waals surface area contributed by atoms with Crippen LogP contribution in [0.25, 0.3) is 10.9 Å². The van der Waals surface area contributed by atoms with Gasteiger partial charge in [0, 0.05) is 31.1 Å². The number of fused-ring (bicyclic) bond motifs is 3. The average Bonchev–Trinajstić information content (AvgIpc) is 2.51. The van der Waals surface area contributed by atoms with Crippen LogP contribution >= 0.6 is 0 Å². The van der Waals surface area contributed by atoms with Crippen LogP contribution in [-0.4, -0.2) is 22.9 Å². The fourth-order valence-electron chi connectivity index (χ4n) is 2.08. The highest BCUT2D eigenvalue weighted by molar-refractivity contribution is 5.84. The Morgan fingerprint density at radius 1 is 1.47 bits per heavy atom. The second-order valence-corrected chi connectivity index (χ2v) is 3.77. The maximum absolute atomic E-state index is 5.68. The first-order valence-corrected chi connectivity index (χ1v) is 5.13. The van der Waals surface area contributed by atoms with Gasteiger partial charge in [-0.2, -0.15) is 5.10 Å². The number of nitrogens with zero attached hydrogens (tertiary/aromatic N) is 2. The van der Waals surface area contributed by atoms with Crippen molar-refractivity contribution in [2.75, 3.05) is 13.2 Å². The van der Waals surface area contributed by atoms with Gasteiger partial charge in [-0.3, -0.25) is 4.68 Å². The van der Waals surface area contributed by atoms with Crippen molar-refractivity contribution >= 4 is 10.9 Å². The molecular formula is C11H13N3O. The number of hydrogen-bond donors (Lipinski definition) is 1. The summed E-state index contributed by atoms with van der Waals surface area (Å²) in [5, 5.41) is 8.78. The van der Waals surface area contributed by atoms with Crippen molar-refractivity contribution in [3.05, 3.63) is 23.9 Å². The Morgan fingerprint density at radius 3 is 3.33 bits per heavy atom. The van der Waals surface area contributed by atoms with Crippen molar-refractivity contribution in [1.29, 1.82) is 0 Å². The first kappa shape index (κ1) is 8.73. The molecule has 0 spiro atoms. The lowest BCUT2D eigenvalue weighted by molar-refractivity contribution is 0.326. The van der Waals surface area contributed by atoms with E-state index < -0.39 is 0 Å². The Morgan fingerprint density at radius 2 is 2.40 bits per heavy atom. The summed E-state index contributed by atoms with van der Waals surface area (Å²) < 4.78 is 7.58. The summed E-state index contributed by atoms with van der Waals surface area (Å²) in [4.78, 5) is 0. The van der Waals surface area contributed by atoms with Gasteiger partial charge in [-0.05, 0) is 12.1 Å². The van der Waals surface area contributed by atoms with Gasteiger partial charge in [0.05, 0.1) is 11.7 Å². The first-order chi connectivity index (χ1) is 7.36. The van der Waals surface area contributed by atoms with Crippen molar-refractivity contribution in [2.24, 2.45) is 7.05 Å². The quantitative estimate of drug-likeness (QED) is 0.695. The van der Waals surface area contributed by atoms with Crippen LogP contribution in [0.1, 0.15) is 5.56 Å². The van der Waals surface area contributed by atoms with Crippen LogP contribution < -0.4 is 10.1 Å². The predicted octanol–water partition coefficient (Wildman–Crippen LogP) is 1.06. The lowest BCUT2D eigenvalue weighted by atomic mass is 10.1. The zero-order valence-electron chi connectivity index (χ0n) is 8.66. The van der Waals surface area contributed by atoms with E-state index >= 15 is 0 Å². The minimum Gasteiger partial charge on any atom is -0.492 e. The molecule has 0 aliphatic carbocycles. The monoisotopic (exact) mass is 203 g/mol. The van der Waals surface area contributed by atoms with Gasteiger partial charge in [-0.15, -0.1) is 0 Å². The van der Waals surface area contributed by atoms with Crippen LogP contribution in [-0.2, 0) is 13.6 Å². The summed E-state index contributed by atoms with van der Waals surface area (Å²) in [5.41, 5.74) is 2.38. The summed E-state index contributed by atoms with van der Waals surface area (Å²) >= 11 is 0. The Labute approximate surface area is 87.8 Å². The molecule has 0 amide bonds. The molecule has 0 saturated heterocycles. The normalized spacial score (nSPS) is 15.8. The minimum atomic E-state index is 0.732. The average molecular weight is 203 g/mol. The van der Waals surface area contributed by atoms with Crippen LogP contribution in [0.3, 0.4) is 0 Å². The summed E-state index contributed by atoms with van der Waals surface area (Å²) in [7, 11) is 1.97. The highest BCUT2D eigenvalue weighted by atomic mass is 16.5. The molecule has 3 rings (SSSR count). The molecule has 2 aromatic rings. The third kappa shape index (κ3) is 1.29. The molecule has 1 aromatic carbocycles. The molecule has 4 nitrogen and oxygen atoms in total. The van der Waals surface area contributed by atoms with E-state index in [4.69, 9.17) is 4.74 Å². The Balaban J connectivity index is 2.30. The minimum absolute atomic E-state index is 0.732. The first-order valence-electron chi connectivity index (χ1n) is 5.13. The number of aryl methyl sites for hydroxylation is 1. The van der Waals surface area contributed by atoms with Gasteiger partial charge >= 0.3 is 0 Å². The van der Waals surface area contributed by atoms with Crippen LogP contribution in [0.15, 0.2) is 18.3 Å². The van der Waals surface area contributed by atoms with Gasteiger partial charge in [0.15, 0.2) is 0 Å². The zero-order chi connectivity index (χ0) is 10.3. The van der Waals surface area contributed by atoms with Gasteiger partial charge in [0.1, 0.15) is 12.4 Å². The van der Waals surface area contributed by atoms with Crippen molar-refractivity contribution < 1.29 is 4.74 Å². The zero-order valence-corrected chi connectivity index (χ0v) is 8.66. The molecule has 0 fully saturated rings. The molecule has 78 valence electrons. The van der Waals surface area contributed by atoms with E-state index in [1.807, 2.05) is 24.0 Å². The maximum atomic E-state index is 5.68. The van der Waals surface area contributed by atoms with E-state index in [2.05, 4.69) is 16.5 Å². The van der Waals surface area contributed by atoms with E-state index in [0.717, 1.165) is 25.4 Å². The molecule has 2 heterocycles. The summed E-state index contributed by atoms with van der Waals surface area (Å²) in [6, 6.07) is 4.10. The molecule has 0 unspecified atom stereocenters. The Kier molecular flexibility index (Phi) is 1.89. The van der Waals surface area contributed by atoms with E-state index in [1.165, 1.54) is 16.5 Å². The number of nitrogens with one attached hydrogen (secondary N) is 1. The Bertz CT molecular complexity index is 504. The number of aromatic nitrogens is 2. The summed E-state index contributed by atoms with van der Waals surface area (Å²) in [5.74, 6) is 0.983. The smallest absolute Gasteiger partial charge is 0.126 e. The van der Waals surface area contributed by atoms with Crippen LogP contribution in [0, 0.1) is 0 Å². The molecule has 0 radical (unpaired) electrons. The van der Waals surface area contributed by atoms with E-state index in [1.54, 1.807) is 0 Å². The number of rotatable bonds is 0. The maximum Gasteiger partial charge on any atom is 0.126 e. The Hall–Kier alpha value is -1.55. The van der Waals surface area contributed by atoms with Gasteiger partial charge in [0.2, 0.25) is 0 Å². The van der Waals surface area contributed by atoms with Crippen molar-refractivity contribution in [2.45, 2.75) is 6.54 Å². The van der Waals surface area contributed by atoms with Crippen molar-refractivity contribution in [1.82, 2.24) is 15.1 Å². The lowest BCUT2D eigenvalue weighted by Gasteiger charge is -2.08. The molecule has 0 bridgehead atoms. The van der Waals surface area contributed by atoms with Crippen molar-refractivity contribution in [3.63, 3.8) is 0 Å². The highest BCUT2D eigenvalue weighted by Crippen LogP contribution is 2.28. The second-order valence-electron chi connectivity index (χ2n) is 3.77. The number of ether oxygens (including phenoxy) is 1. The van der Waals surface area contributed by atoms with Crippen LogP contribution in [0.2, 0.25) is 0 Å². The molecule has 0 atom stereocenters. The van der Waals surface area contributed by atoms with E-state index in [9.17, 15) is 0 Å². The standard InChI is InChI=1S/C11H13N3O/c1-14-11-8(6-13-14)2-3-10-9(11)7-12-4-5-15-10/h2-3,6,12H,4-5,7H2,1H3. The molecule has 4 heteroatoms. The number of hydrogen-bond acceptors (Lipinski definition) is 3. The molecule has 1 N–H and O–H groups in total. The van der Waals surface area contributed by atoms with Crippen molar-refractivity contribution in [3.8, 4) is 5.75 Å². The molecule has 0 saturated carbocycles. The molecule has 15 heavy (non-hydrogen) atoms. The predicted molar refractivity (Wildman–Crippen MR) is 57.9 cm³/mol. The van der Waals surface area contributed by atoms with Gasteiger partial charge in [0.25, 0.3) is 0 Å². The largest absolute Gasteiger partial charge is 0.492 e. The fourth-order valence-corrected chi connectivity index (χ4v) is 2.08. The topological polar surface area (TPSA) is 39.1 Å². The number of benzene rings is 1. The third-order valence-electron chi connectivity index (χ3n) is 2.80. The SMILES string of the molecule is Cn1ncc2ccc3c(c21)CNCCO3. The van der Waals surface area contributed by atoms with E-state index in [0.29, 0.717) is 0 Å². The molecule has 1 aliphatic rings. The molecule has 1 aliphatic heterocycles. The van der Waals surface area contributed by atoms with Crippen LogP contribution in [0.4, 0.5) is 0 Å². The fraction of sp³-hybridized carbons (Fsp3) is 0.364. The van der Waals surface area contributed by atoms with E-state index in [-0.39, 0.29) is 0 Å². The van der Waals surface area contributed by atoms with Crippen LogP contribution in [0.5, 0.6) is 5.75 Å². The molecule has 1 aromatic heterocycles. The third-order valence-corrected chi connectivity index (χ3v) is 2.80. The lowest BCUT2D eigenvalue weighted by Crippen LogP contribution is -2.16. The van der Waals surface area contributed by atoms with Gasteiger partial charge < -0.3 is 10.1 Å². The summed E-state index contributed by atoms with van der Waals surface area (Å²) in [6.07, 6.45) is 1.89. The van der Waals surface area contributed by atoms with Gasteiger partial charge in [-0.25, -0.2) is 0 Å². The summed E-state index contributed by atoms with van der Waals surface area (Å²) in [6.45, 7) is 2.48. The second kappa shape index (κ2) is 3.24. The van der Waals surface area contributed by atoms with Gasteiger partial charge in [-0.1, -0.05) is 0 Å². The highest BCUT2D eigenvalue weighted by Gasteiger charge is 2.14. The molecular weight excluding hydrogens is 190 g/mol.